The van der Waals surface area contributed by atoms with Crippen molar-refractivity contribution in [2.24, 2.45) is 0 Å². The lowest BCUT2D eigenvalue weighted by Crippen LogP contribution is -2.45. The highest BCUT2D eigenvalue weighted by Gasteiger charge is 2.25. The van der Waals surface area contributed by atoms with Gasteiger partial charge < -0.3 is 14.8 Å². The number of rotatable bonds is 4. The zero-order valence-electron chi connectivity index (χ0n) is 12.9. The Morgan fingerprint density at radius 3 is 2.50 bits per heavy atom. The minimum Gasteiger partial charge on any atom is -0.467 e. The van der Waals surface area contributed by atoms with Crippen LogP contribution >= 0.6 is 11.6 Å². The van der Waals surface area contributed by atoms with Crippen molar-refractivity contribution in [1.29, 1.82) is 0 Å². The Morgan fingerprint density at radius 2 is 2.00 bits per heavy atom. The van der Waals surface area contributed by atoms with Gasteiger partial charge in [0.1, 0.15) is 17.5 Å². The van der Waals surface area contributed by atoms with Crippen molar-refractivity contribution >= 4 is 23.7 Å². The molecule has 5 nitrogen and oxygen atoms in total. The zero-order chi connectivity index (χ0) is 16.9. The largest absolute Gasteiger partial charge is 0.467 e. The van der Waals surface area contributed by atoms with E-state index in [1.165, 1.54) is 19.2 Å². The fourth-order valence-corrected chi connectivity index (χ4v) is 1.81. The summed E-state index contributed by atoms with van der Waals surface area (Å²) < 4.78 is 23.2. The highest BCUT2D eigenvalue weighted by molar-refractivity contribution is 6.30. The molecule has 0 fully saturated rings. The number of hydrogen-bond donors (Lipinski definition) is 1. The number of carbonyl (C=O) groups is 2. The monoisotopic (exact) mass is 331 g/mol. The second-order valence-corrected chi connectivity index (χ2v) is 6.08. The average Bonchev–Trinajstić information content (AvgIpc) is 2.39. The number of hydrogen-bond acceptors (Lipinski definition) is 4. The minimum atomic E-state index is -0.986. The van der Waals surface area contributed by atoms with E-state index < -0.39 is 29.5 Å². The van der Waals surface area contributed by atoms with Gasteiger partial charge in [0.2, 0.25) is 0 Å². The van der Waals surface area contributed by atoms with E-state index in [1.54, 1.807) is 26.8 Å². The van der Waals surface area contributed by atoms with Crippen LogP contribution in [0.2, 0.25) is 5.02 Å². The molecule has 1 atom stereocenters. The number of benzene rings is 1. The summed E-state index contributed by atoms with van der Waals surface area (Å²) in [7, 11) is 1.20. The van der Waals surface area contributed by atoms with Gasteiger partial charge in [-0.05, 0) is 38.5 Å². The van der Waals surface area contributed by atoms with E-state index in [4.69, 9.17) is 16.3 Å². The van der Waals surface area contributed by atoms with Crippen LogP contribution in [0.3, 0.4) is 0 Å². The molecule has 0 saturated carbocycles. The summed E-state index contributed by atoms with van der Waals surface area (Å²) in [6.07, 6.45) is -0.697. The fourth-order valence-electron chi connectivity index (χ4n) is 1.69. The first-order chi connectivity index (χ1) is 10.1. The van der Waals surface area contributed by atoms with Crippen LogP contribution in [0.4, 0.5) is 9.18 Å². The molecule has 22 heavy (non-hydrogen) atoms. The molecular weight excluding hydrogens is 313 g/mol. The van der Waals surface area contributed by atoms with Crippen molar-refractivity contribution in [1.82, 2.24) is 5.32 Å². The van der Waals surface area contributed by atoms with Crippen molar-refractivity contribution in [3.63, 3.8) is 0 Å². The number of ether oxygens (including phenoxy) is 2. The van der Waals surface area contributed by atoms with Crippen molar-refractivity contribution < 1.29 is 23.5 Å². The third-order valence-electron chi connectivity index (χ3n) is 2.60. The minimum absolute atomic E-state index is 0.0153. The standard InChI is InChI=1S/C15H19ClFNO4/c1-15(2,3)22-14(20)18-12(13(19)21-4)8-9-5-6-10(16)11(17)7-9/h5-7,12H,8H2,1-4H3,(H,18,20). The molecule has 1 N–H and O–H groups in total. The summed E-state index contributed by atoms with van der Waals surface area (Å²) in [5, 5.41) is 2.40. The first-order valence-corrected chi connectivity index (χ1v) is 7.01. The molecule has 0 aromatic heterocycles. The van der Waals surface area contributed by atoms with Crippen molar-refractivity contribution in [2.75, 3.05) is 7.11 Å². The number of nitrogens with one attached hydrogen (secondary N) is 1. The van der Waals surface area contributed by atoms with E-state index in [-0.39, 0.29) is 11.4 Å². The Hall–Kier alpha value is -1.82. The van der Waals surface area contributed by atoms with Gasteiger partial charge in [-0.2, -0.15) is 0 Å². The molecule has 0 spiro atoms. The lowest BCUT2D eigenvalue weighted by molar-refractivity contribution is -0.143. The van der Waals surface area contributed by atoms with Gasteiger partial charge in [-0.3, -0.25) is 0 Å². The molecule has 0 aliphatic heterocycles. The summed E-state index contributed by atoms with van der Waals surface area (Å²) in [5.74, 6) is -1.25. The summed E-state index contributed by atoms with van der Waals surface area (Å²) in [6.45, 7) is 5.11. The fraction of sp³-hybridized carbons (Fsp3) is 0.467. The number of methoxy groups -OCH3 is 1. The average molecular weight is 332 g/mol. The van der Waals surface area contributed by atoms with Crippen molar-refractivity contribution in [2.45, 2.75) is 38.8 Å². The number of halogens is 2. The second kappa shape index (κ2) is 7.45. The van der Waals surface area contributed by atoms with Gasteiger partial charge in [-0.1, -0.05) is 17.7 Å². The van der Waals surface area contributed by atoms with E-state index in [9.17, 15) is 14.0 Å². The van der Waals surface area contributed by atoms with Crippen molar-refractivity contribution in [3.05, 3.63) is 34.6 Å². The maximum Gasteiger partial charge on any atom is 0.408 e. The van der Waals surface area contributed by atoms with Gasteiger partial charge in [0.15, 0.2) is 0 Å². The maximum atomic E-state index is 13.4. The maximum absolute atomic E-state index is 13.4. The first-order valence-electron chi connectivity index (χ1n) is 6.63. The van der Waals surface area contributed by atoms with E-state index in [0.29, 0.717) is 5.56 Å². The van der Waals surface area contributed by atoms with Gasteiger partial charge in [-0.25, -0.2) is 14.0 Å². The first kappa shape index (κ1) is 18.2. The second-order valence-electron chi connectivity index (χ2n) is 5.67. The normalized spacial score (nSPS) is 12.5. The van der Waals surface area contributed by atoms with Crippen LogP contribution in [-0.2, 0) is 20.7 Å². The summed E-state index contributed by atoms with van der Waals surface area (Å²) in [4.78, 5) is 23.5. The van der Waals surface area contributed by atoms with Crippen LogP contribution in [0, 0.1) is 5.82 Å². The third-order valence-corrected chi connectivity index (χ3v) is 2.91. The molecule has 0 saturated heterocycles. The molecule has 0 bridgehead atoms. The van der Waals surface area contributed by atoms with Crippen LogP contribution in [-0.4, -0.2) is 30.8 Å². The molecule has 122 valence electrons. The molecule has 1 amide bonds. The quantitative estimate of drug-likeness (QED) is 0.861. The molecule has 1 rings (SSSR count). The van der Waals surface area contributed by atoms with Crippen LogP contribution in [0.15, 0.2) is 18.2 Å². The highest BCUT2D eigenvalue weighted by atomic mass is 35.5. The molecule has 1 aromatic carbocycles. The predicted octanol–water partition coefficient (Wildman–Crippen LogP) is 3.09. The molecule has 7 heteroatoms. The lowest BCUT2D eigenvalue weighted by Gasteiger charge is -2.22. The van der Waals surface area contributed by atoms with Crippen LogP contribution < -0.4 is 5.32 Å². The smallest absolute Gasteiger partial charge is 0.408 e. The van der Waals surface area contributed by atoms with Crippen LogP contribution in [0.1, 0.15) is 26.3 Å². The molecule has 1 unspecified atom stereocenters. The third kappa shape index (κ3) is 5.89. The van der Waals surface area contributed by atoms with Crippen LogP contribution in [0.5, 0.6) is 0 Å². The number of alkyl carbamates (subject to hydrolysis) is 1. The Balaban J connectivity index is 2.82. The zero-order valence-corrected chi connectivity index (χ0v) is 13.7. The Morgan fingerprint density at radius 1 is 1.36 bits per heavy atom. The number of amides is 1. The Labute approximate surface area is 133 Å². The molecule has 0 aliphatic rings. The molecule has 1 aromatic rings. The molecule has 0 heterocycles. The number of esters is 1. The van der Waals surface area contributed by atoms with Gasteiger partial charge in [0.05, 0.1) is 12.1 Å². The highest BCUT2D eigenvalue weighted by Crippen LogP contribution is 2.17. The topological polar surface area (TPSA) is 64.6 Å². The Bertz CT molecular complexity index is 557. The lowest BCUT2D eigenvalue weighted by atomic mass is 10.1. The molecule has 0 aliphatic carbocycles. The van der Waals surface area contributed by atoms with Gasteiger partial charge in [0.25, 0.3) is 0 Å². The summed E-state index contributed by atoms with van der Waals surface area (Å²) >= 11 is 5.61. The SMILES string of the molecule is COC(=O)C(Cc1ccc(Cl)c(F)c1)NC(=O)OC(C)(C)C. The van der Waals surface area contributed by atoms with Crippen molar-refractivity contribution in [3.8, 4) is 0 Å². The van der Waals surface area contributed by atoms with E-state index in [1.807, 2.05) is 0 Å². The van der Waals surface area contributed by atoms with Crippen LogP contribution in [0.25, 0.3) is 0 Å². The Kier molecular flexibility index (Phi) is 6.17. The van der Waals surface area contributed by atoms with Gasteiger partial charge in [-0.15, -0.1) is 0 Å². The van der Waals surface area contributed by atoms with E-state index >= 15 is 0 Å². The number of carbonyl (C=O) groups excluding carboxylic acids is 2. The van der Waals surface area contributed by atoms with Gasteiger partial charge >= 0.3 is 12.1 Å². The summed E-state index contributed by atoms with van der Waals surface area (Å²) in [6, 6.07) is 3.17. The predicted molar refractivity (Wildman–Crippen MR) is 80.3 cm³/mol. The molecular formula is C15H19ClFNO4. The van der Waals surface area contributed by atoms with E-state index in [0.717, 1.165) is 0 Å². The summed E-state index contributed by atoms with van der Waals surface area (Å²) in [5.41, 5.74) is -0.203. The molecule has 0 radical (unpaired) electrons. The van der Waals surface area contributed by atoms with E-state index in [2.05, 4.69) is 10.1 Å². The van der Waals surface area contributed by atoms with Gasteiger partial charge in [0, 0.05) is 6.42 Å².